The van der Waals surface area contributed by atoms with E-state index >= 15 is 0 Å². The molecule has 2 aliphatic heterocycles. The number of hydrogen-bond donors (Lipinski definition) is 1. The summed E-state index contributed by atoms with van der Waals surface area (Å²) < 4.78 is 0. The molecule has 2 rings (SSSR count). The zero-order valence-corrected chi connectivity index (χ0v) is 12.5. The van der Waals surface area contributed by atoms with Crippen LogP contribution < -0.4 is 5.73 Å². The van der Waals surface area contributed by atoms with Gasteiger partial charge in [-0.1, -0.05) is 19.8 Å². The predicted molar refractivity (Wildman–Crippen MR) is 77.8 cm³/mol. The van der Waals surface area contributed by atoms with Gasteiger partial charge in [-0.05, 0) is 38.6 Å². The lowest BCUT2D eigenvalue weighted by Gasteiger charge is -2.34. The Balaban J connectivity index is 1.97. The van der Waals surface area contributed by atoms with Gasteiger partial charge in [0.05, 0.1) is 6.04 Å². The van der Waals surface area contributed by atoms with Crippen LogP contribution in [-0.2, 0) is 4.79 Å². The number of nitrogens with zero attached hydrogens (tertiary/aromatic N) is 2. The van der Waals surface area contributed by atoms with E-state index in [1.807, 2.05) is 0 Å². The Morgan fingerprint density at radius 3 is 2.42 bits per heavy atom. The fourth-order valence-corrected chi connectivity index (χ4v) is 3.58. The second kappa shape index (κ2) is 6.71. The molecule has 0 aliphatic carbocycles. The number of hydrogen-bond acceptors (Lipinski definition) is 3. The quantitative estimate of drug-likeness (QED) is 0.842. The van der Waals surface area contributed by atoms with Gasteiger partial charge in [0.15, 0.2) is 0 Å². The van der Waals surface area contributed by atoms with Crippen LogP contribution in [0.1, 0.15) is 46.0 Å². The van der Waals surface area contributed by atoms with Crippen LogP contribution in [0, 0.1) is 5.92 Å². The summed E-state index contributed by atoms with van der Waals surface area (Å²) in [6, 6.07) is 0.377. The standard InChI is InChI=1S/C15H29N3O/c1-12-7-10-18(14(12)11-16)13(2)15(19)17-8-5-3-4-6-9-17/h12-14H,3-11,16H2,1-2H3. The first kappa shape index (κ1) is 14.8. The molecular formula is C15H29N3O. The van der Waals surface area contributed by atoms with E-state index < -0.39 is 0 Å². The molecule has 4 heteroatoms. The minimum Gasteiger partial charge on any atom is -0.341 e. The minimum absolute atomic E-state index is 0.00315. The van der Waals surface area contributed by atoms with Gasteiger partial charge in [-0.15, -0.1) is 0 Å². The van der Waals surface area contributed by atoms with Crippen LogP contribution in [0.3, 0.4) is 0 Å². The molecule has 0 aromatic carbocycles. The Morgan fingerprint density at radius 2 is 1.84 bits per heavy atom. The van der Waals surface area contributed by atoms with Gasteiger partial charge >= 0.3 is 0 Å². The Morgan fingerprint density at radius 1 is 1.21 bits per heavy atom. The molecule has 1 amide bonds. The SMILES string of the molecule is CC1CCN(C(C)C(=O)N2CCCCCC2)C1CN. The van der Waals surface area contributed by atoms with Crippen LogP contribution in [0.2, 0.25) is 0 Å². The molecule has 3 unspecified atom stereocenters. The lowest BCUT2D eigenvalue weighted by atomic mass is 10.0. The maximum atomic E-state index is 12.6. The summed E-state index contributed by atoms with van der Waals surface area (Å²) >= 11 is 0. The van der Waals surface area contributed by atoms with Crippen molar-refractivity contribution in [3.8, 4) is 0 Å². The van der Waals surface area contributed by atoms with E-state index in [1.165, 1.54) is 19.3 Å². The number of nitrogens with two attached hydrogens (primary N) is 1. The van der Waals surface area contributed by atoms with Gasteiger partial charge in [0.1, 0.15) is 0 Å². The van der Waals surface area contributed by atoms with E-state index in [4.69, 9.17) is 5.73 Å². The molecule has 0 spiro atoms. The third-order valence-electron chi connectivity index (χ3n) is 4.94. The smallest absolute Gasteiger partial charge is 0.239 e. The number of amides is 1. The third kappa shape index (κ3) is 3.29. The molecule has 4 nitrogen and oxygen atoms in total. The van der Waals surface area contributed by atoms with E-state index in [2.05, 4.69) is 23.6 Å². The van der Waals surface area contributed by atoms with E-state index in [0.717, 1.165) is 32.5 Å². The van der Waals surface area contributed by atoms with Crippen molar-refractivity contribution < 1.29 is 4.79 Å². The van der Waals surface area contributed by atoms with Gasteiger partial charge in [0, 0.05) is 25.7 Å². The summed E-state index contributed by atoms with van der Waals surface area (Å²) in [5.74, 6) is 0.929. The average molecular weight is 267 g/mol. The summed E-state index contributed by atoms with van der Waals surface area (Å²) in [5.41, 5.74) is 5.89. The maximum absolute atomic E-state index is 12.6. The van der Waals surface area contributed by atoms with Crippen molar-refractivity contribution in [2.45, 2.75) is 58.0 Å². The van der Waals surface area contributed by atoms with Crippen molar-refractivity contribution in [2.24, 2.45) is 11.7 Å². The Bertz CT molecular complexity index is 300. The van der Waals surface area contributed by atoms with Crippen molar-refractivity contribution in [3.05, 3.63) is 0 Å². The number of carbonyl (C=O) groups is 1. The predicted octanol–water partition coefficient (Wildman–Crippen LogP) is 1.45. The topological polar surface area (TPSA) is 49.6 Å². The maximum Gasteiger partial charge on any atom is 0.239 e. The Kier molecular flexibility index (Phi) is 5.22. The average Bonchev–Trinajstić information content (AvgIpc) is 2.64. The van der Waals surface area contributed by atoms with E-state index in [1.54, 1.807) is 0 Å². The molecule has 2 fully saturated rings. The lowest BCUT2D eigenvalue weighted by molar-refractivity contribution is -0.136. The van der Waals surface area contributed by atoms with Crippen LogP contribution in [0.4, 0.5) is 0 Å². The van der Waals surface area contributed by atoms with Crippen molar-refractivity contribution in [3.63, 3.8) is 0 Å². The van der Waals surface area contributed by atoms with E-state index in [-0.39, 0.29) is 6.04 Å². The van der Waals surface area contributed by atoms with E-state index in [9.17, 15) is 4.79 Å². The van der Waals surface area contributed by atoms with Crippen molar-refractivity contribution >= 4 is 5.91 Å². The molecule has 0 radical (unpaired) electrons. The summed E-state index contributed by atoms with van der Waals surface area (Å²) in [7, 11) is 0. The highest BCUT2D eigenvalue weighted by Gasteiger charge is 2.37. The second-order valence-electron chi connectivity index (χ2n) is 6.22. The molecule has 2 saturated heterocycles. The van der Waals surface area contributed by atoms with Gasteiger partial charge in [-0.3, -0.25) is 9.69 Å². The van der Waals surface area contributed by atoms with Gasteiger partial charge in [-0.2, -0.15) is 0 Å². The zero-order chi connectivity index (χ0) is 13.8. The van der Waals surface area contributed by atoms with Crippen LogP contribution in [-0.4, -0.2) is 54.0 Å². The first-order valence-corrected chi connectivity index (χ1v) is 7.89. The molecule has 110 valence electrons. The molecule has 0 aromatic rings. The molecule has 2 aliphatic rings. The summed E-state index contributed by atoms with van der Waals surface area (Å²) in [4.78, 5) is 17.1. The molecular weight excluding hydrogens is 238 g/mol. The molecule has 19 heavy (non-hydrogen) atoms. The van der Waals surface area contributed by atoms with Gasteiger partial charge < -0.3 is 10.6 Å². The van der Waals surface area contributed by atoms with Gasteiger partial charge in [0.25, 0.3) is 0 Å². The summed E-state index contributed by atoms with van der Waals surface area (Å²) in [6.07, 6.45) is 6.03. The normalized spacial score (nSPS) is 31.2. The first-order valence-electron chi connectivity index (χ1n) is 7.89. The van der Waals surface area contributed by atoms with Crippen LogP contribution in [0.15, 0.2) is 0 Å². The molecule has 0 saturated carbocycles. The monoisotopic (exact) mass is 267 g/mol. The molecule has 2 heterocycles. The number of carbonyl (C=O) groups excluding carboxylic acids is 1. The van der Waals surface area contributed by atoms with Crippen LogP contribution >= 0.6 is 0 Å². The zero-order valence-electron chi connectivity index (χ0n) is 12.5. The minimum atomic E-state index is -0.00315. The number of rotatable bonds is 3. The Labute approximate surface area is 117 Å². The second-order valence-corrected chi connectivity index (χ2v) is 6.22. The van der Waals surface area contributed by atoms with E-state index in [0.29, 0.717) is 24.4 Å². The lowest BCUT2D eigenvalue weighted by Crippen LogP contribution is -2.51. The fraction of sp³-hybridized carbons (Fsp3) is 0.933. The molecule has 0 bridgehead atoms. The largest absolute Gasteiger partial charge is 0.341 e. The number of likely N-dealkylation sites (tertiary alicyclic amines) is 2. The molecule has 2 N–H and O–H groups in total. The van der Waals surface area contributed by atoms with Crippen molar-refractivity contribution in [2.75, 3.05) is 26.2 Å². The summed E-state index contributed by atoms with van der Waals surface area (Å²) in [6.45, 7) is 7.89. The van der Waals surface area contributed by atoms with Crippen molar-refractivity contribution in [1.82, 2.24) is 9.80 Å². The Hall–Kier alpha value is -0.610. The van der Waals surface area contributed by atoms with Gasteiger partial charge in [-0.25, -0.2) is 0 Å². The summed E-state index contributed by atoms with van der Waals surface area (Å²) in [5, 5.41) is 0. The molecule has 0 aromatic heterocycles. The highest BCUT2D eigenvalue weighted by atomic mass is 16.2. The van der Waals surface area contributed by atoms with Crippen LogP contribution in [0.25, 0.3) is 0 Å². The first-order chi connectivity index (χ1) is 9.15. The van der Waals surface area contributed by atoms with Crippen molar-refractivity contribution in [1.29, 1.82) is 0 Å². The highest BCUT2D eigenvalue weighted by molar-refractivity contribution is 5.81. The highest BCUT2D eigenvalue weighted by Crippen LogP contribution is 2.26. The van der Waals surface area contributed by atoms with Crippen LogP contribution in [0.5, 0.6) is 0 Å². The fourth-order valence-electron chi connectivity index (χ4n) is 3.58. The van der Waals surface area contributed by atoms with Gasteiger partial charge in [0.2, 0.25) is 5.91 Å². The third-order valence-corrected chi connectivity index (χ3v) is 4.94. The molecule has 3 atom stereocenters.